The van der Waals surface area contributed by atoms with Gasteiger partial charge in [-0.3, -0.25) is 14.5 Å². The lowest BCUT2D eigenvalue weighted by Crippen LogP contribution is -2.45. The van der Waals surface area contributed by atoms with Crippen LogP contribution in [0.25, 0.3) is 0 Å². The van der Waals surface area contributed by atoms with Crippen LogP contribution in [0.3, 0.4) is 0 Å². The first kappa shape index (κ1) is 18.3. The fraction of sp³-hybridized carbons (Fsp3) is 0.556. The molecule has 1 atom stereocenters. The van der Waals surface area contributed by atoms with Crippen molar-refractivity contribution in [3.63, 3.8) is 0 Å². The van der Waals surface area contributed by atoms with Crippen molar-refractivity contribution in [2.24, 2.45) is 11.7 Å². The molecular formula is C18H27N3O3. The van der Waals surface area contributed by atoms with Crippen LogP contribution >= 0.6 is 0 Å². The van der Waals surface area contributed by atoms with Gasteiger partial charge >= 0.3 is 0 Å². The summed E-state index contributed by atoms with van der Waals surface area (Å²) in [5.74, 6) is 0.480. The van der Waals surface area contributed by atoms with E-state index in [9.17, 15) is 9.59 Å². The maximum atomic E-state index is 12.4. The monoisotopic (exact) mass is 333 g/mol. The number of amides is 2. The molecule has 1 aliphatic rings. The van der Waals surface area contributed by atoms with Gasteiger partial charge in [0.15, 0.2) is 0 Å². The molecule has 0 unspecified atom stereocenters. The Labute approximate surface area is 143 Å². The molecule has 0 aliphatic carbocycles. The maximum absolute atomic E-state index is 12.4. The van der Waals surface area contributed by atoms with E-state index in [1.165, 1.54) is 0 Å². The van der Waals surface area contributed by atoms with Crippen molar-refractivity contribution in [2.75, 3.05) is 33.3 Å². The predicted molar refractivity (Wildman–Crippen MR) is 92.4 cm³/mol. The van der Waals surface area contributed by atoms with Crippen molar-refractivity contribution in [2.45, 2.75) is 26.3 Å². The summed E-state index contributed by atoms with van der Waals surface area (Å²) >= 11 is 0. The molecule has 6 nitrogen and oxygen atoms in total. The number of likely N-dealkylation sites (N-methyl/N-ethyl adjacent to an activating group) is 1. The topological polar surface area (TPSA) is 75.9 Å². The van der Waals surface area contributed by atoms with Crippen LogP contribution in [0.4, 0.5) is 0 Å². The van der Waals surface area contributed by atoms with Gasteiger partial charge in [0.1, 0.15) is 5.75 Å². The molecule has 0 aromatic heterocycles. The minimum absolute atomic E-state index is 0.0500. The second-order valence-electron chi connectivity index (χ2n) is 6.30. The van der Waals surface area contributed by atoms with Crippen molar-refractivity contribution < 1.29 is 14.3 Å². The fourth-order valence-corrected chi connectivity index (χ4v) is 2.96. The molecule has 1 fully saturated rings. The highest BCUT2D eigenvalue weighted by molar-refractivity contribution is 5.79. The largest absolute Gasteiger partial charge is 0.494 e. The molecule has 2 rings (SSSR count). The summed E-state index contributed by atoms with van der Waals surface area (Å²) in [5.41, 5.74) is 6.44. The first-order valence-electron chi connectivity index (χ1n) is 8.47. The summed E-state index contributed by atoms with van der Waals surface area (Å²) in [6, 6.07) is 7.77. The Morgan fingerprint density at radius 3 is 2.67 bits per heavy atom. The molecule has 132 valence electrons. The summed E-state index contributed by atoms with van der Waals surface area (Å²) in [6.45, 7) is 4.89. The molecule has 1 aromatic carbocycles. The molecule has 1 saturated heterocycles. The molecule has 24 heavy (non-hydrogen) atoms. The number of nitrogens with two attached hydrogens (primary N) is 1. The van der Waals surface area contributed by atoms with E-state index in [4.69, 9.17) is 10.5 Å². The second kappa shape index (κ2) is 8.68. The van der Waals surface area contributed by atoms with Gasteiger partial charge in [0.25, 0.3) is 0 Å². The zero-order valence-electron chi connectivity index (χ0n) is 14.5. The van der Waals surface area contributed by atoms with Crippen molar-refractivity contribution in [1.29, 1.82) is 0 Å². The van der Waals surface area contributed by atoms with Gasteiger partial charge in [-0.25, -0.2) is 0 Å². The van der Waals surface area contributed by atoms with E-state index >= 15 is 0 Å². The third-order valence-electron chi connectivity index (χ3n) is 4.35. The molecule has 6 heteroatoms. The Hall–Kier alpha value is -2.08. The molecule has 1 heterocycles. The van der Waals surface area contributed by atoms with E-state index in [0.717, 1.165) is 30.7 Å². The molecule has 1 aromatic rings. The highest BCUT2D eigenvalue weighted by atomic mass is 16.5. The minimum Gasteiger partial charge on any atom is -0.494 e. The van der Waals surface area contributed by atoms with Crippen molar-refractivity contribution in [3.05, 3.63) is 29.8 Å². The van der Waals surface area contributed by atoms with Crippen molar-refractivity contribution in [1.82, 2.24) is 9.80 Å². The highest BCUT2D eigenvalue weighted by Gasteiger charge is 2.25. The van der Waals surface area contributed by atoms with Gasteiger partial charge in [-0.05, 0) is 44.0 Å². The minimum atomic E-state index is -0.269. The van der Waals surface area contributed by atoms with Gasteiger partial charge in [0, 0.05) is 20.1 Å². The van der Waals surface area contributed by atoms with Gasteiger partial charge in [-0.15, -0.1) is 0 Å². The van der Waals surface area contributed by atoms with Gasteiger partial charge in [-0.2, -0.15) is 0 Å². The number of hydrogen-bond acceptors (Lipinski definition) is 4. The number of carbonyl (C=O) groups excluding carboxylic acids is 2. The van der Waals surface area contributed by atoms with Crippen LogP contribution in [-0.2, 0) is 16.1 Å². The van der Waals surface area contributed by atoms with Crippen LogP contribution in [-0.4, -0.2) is 54.9 Å². The van der Waals surface area contributed by atoms with Crippen molar-refractivity contribution >= 4 is 11.8 Å². The van der Waals surface area contributed by atoms with E-state index in [0.29, 0.717) is 26.2 Å². The fourth-order valence-electron chi connectivity index (χ4n) is 2.96. The first-order chi connectivity index (χ1) is 11.5. The van der Waals surface area contributed by atoms with E-state index < -0.39 is 0 Å². The third-order valence-corrected chi connectivity index (χ3v) is 4.35. The number of nitrogens with zero attached hydrogens (tertiary/aromatic N) is 2. The van der Waals surface area contributed by atoms with Crippen molar-refractivity contribution in [3.8, 4) is 5.75 Å². The SMILES string of the molecule is CCOc1ccc(CN(C)C(=O)CN2CCC[C@H](C(N)=O)C2)cc1. The summed E-state index contributed by atoms with van der Waals surface area (Å²) in [6.07, 6.45) is 1.73. The average Bonchev–Trinajstić information content (AvgIpc) is 2.57. The van der Waals surface area contributed by atoms with Crippen LogP contribution in [0.2, 0.25) is 0 Å². The molecule has 0 radical (unpaired) electrons. The van der Waals surface area contributed by atoms with Gasteiger partial charge in [-0.1, -0.05) is 12.1 Å². The Balaban J connectivity index is 1.84. The van der Waals surface area contributed by atoms with Gasteiger partial charge in [0.05, 0.1) is 19.1 Å². The summed E-state index contributed by atoms with van der Waals surface area (Å²) in [4.78, 5) is 27.5. The lowest BCUT2D eigenvalue weighted by Gasteiger charge is -2.31. The maximum Gasteiger partial charge on any atom is 0.236 e. The normalized spacial score (nSPS) is 18.2. The molecule has 1 aliphatic heterocycles. The highest BCUT2D eigenvalue weighted by Crippen LogP contribution is 2.17. The number of benzene rings is 1. The average molecular weight is 333 g/mol. The van der Waals surface area contributed by atoms with E-state index in [1.54, 1.807) is 11.9 Å². The quantitative estimate of drug-likeness (QED) is 0.814. The Morgan fingerprint density at radius 1 is 1.33 bits per heavy atom. The molecule has 0 spiro atoms. The van der Waals surface area contributed by atoms with E-state index in [-0.39, 0.29) is 17.7 Å². The predicted octanol–water partition coefficient (Wildman–Crippen LogP) is 1.24. The van der Waals surface area contributed by atoms with E-state index in [2.05, 4.69) is 0 Å². The third kappa shape index (κ3) is 5.23. The summed E-state index contributed by atoms with van der Waals surface area (Å²) in [5, 5.41) is 0. The molecule has 0 bridgehead atoms. The Morgan fingerprint density at radius 2 is 2.04 bits per heavy atom. The first-order valence-corrected chi connectivity index (χ1v) is 8.47. The summed E-state index contributed by atoms with van der Waals surface area (Å²) < 4.78 is 5.42. The van der Waals surface area contributed by atoms with Gasteiger partial charge in [0.2, 0.25) is 11.8 Å². The zero-order chi connectivity index (χ0) is 17.5. The van der Waals surface area contributed by atoms with Crippen LogP contribution in [0.15, 0.2) is 24.3 Å². The smallest absolute Gasteiger partial charge is 0.236 e. The van der Waals surface area contributed by atoms with Gasteiger partial charge < -0.3 is 15.4 Å². The molecule has 2 N–H and O–H groups in total. The lowest BCUT2D eigenvalue weighted by molar-refractivity contribution is -0.133. The number of rotatable bonds is 7. The molecular weight excluding hydrogens is 306 g/mol. The molecule has 2 amide bonds. The number of ether oxygens (including phenoxy) is 1. The number of piperidine rings is 1. The lowest BCUT2D eigenvalue weighted by atomic mass is 9.97. The number of likely N-dealkylation sites (tertiary alicyclic amines) is 1. The van der Waals surface area contributed by atoms with E-state index in [1.807, 2.05) is 36.1 Å². The number of hydrogen-bond donors (Lipinski definition) is 1. The zero-order valence-corrected chi connectivity index (χ0v) is 14.5. The Bertz CT molecular complexity index is 559. The standard InChI is InChI=1S/C18H27N3O3/c1-3-24-16-8-6-14(7-9-16)11-20(2)17(22)13-21-10-4-5-15(12-21)18(19)23/h6-9,15H,3-5,10-13H2,1-2H3,(H2,19,23)/t15-/m0/s1. The second-order valence-corrected chi connectivity index (χ2v) is 6.30. The van der Waals surface area contributed by atoms with Crippen LogP contribution in [0, 0.1) is 5.92 Å². The number of primary amides is 1. The number of carbonyl (C=O) groups is 2. The molecule has 0 saturated carbocycles. The van der Waals surface area contributed by atoms with Crippen LogP contribution in [0.1, 0.15) is 25.3 Å². The summed E-state index contributed by atoms with van der Waals surface area (Å²) in [7, 11) is 1.80. The van der Waals surface area contributed by atoms with Crippen LogP contribution in [0.5, 0.6) is 5.75 Å². The Kier molecular flexibility index (Phi) is 6.61. The van der Waals surface area contributed by atoms with Crippen LogP contribution < -0.4 is 10.5 Å².